The lowest BCUT2D eigenvalue weighted by Gasteiger charge is -2.27. The number of amides is 2. The Kier molecular flexibility index (Phi) is 6.49. The molecule has 1 aliphatic carbocycles. The topological polar surface area (TPSA) is 87.2 Å². The van der Waals surface area contributed by atoms with Crippen LogP contribution in [0.3, 0.4) is 0 Å². The van der Waals surface area contributed by atoms with Crippen molar-refractivity contribution in [3.05, 3.63) is 41.7 Å². The van der Waals surface area contributed by atoms with Gasteiger partial charge in [-0.3, -0.25) is 9.59 Å². The smallest absolute Gasteiger partial charge is 0.229 e. The maximum Gasteiger partial charge on any atom is 0.229 e. The van der Waals surface area contributed by atoms with Gasteiger partial charge in [0.05, 0.1) is 5.92 Å². The molecule has 0 radical (unpaired) electrons. The lowest BCUT2D eigenvalue weighted by Crippen LogP contribution is -2.37. The van der Waals surface area contributed by atoms with E-state index < -0.39 is 0 Å². The summed E-state index contributed by atoms with van der Waals surface area (Å²) in [5.41, 5.74) is 3.38. The molecule has 2 heterocycles. The van der Waals surface area contributed by atoms with Gasteiger partial charge in [0.15, 0.2) is 0 Å². The van der Waals surface area contributed by atoms with E-state index in [9.17, 15) is 9.59 Å². The van der Waals surface area contributed by atoms with Crippen molar-refractivity contribution < 1.29 is 9.59 Å². The summed E-state index contributed by atoms with van der Waals surface area (Å²) in [5, 5.41) is 6.16. The van der Waals surface area contributed by atoms with Crippen molar-refractivity contribution in [1.82, 2.24) is 14.9 Å². The highest BCUT2D eigenvalue weighted by Crippen LogP contribution is 2.29. The molecule has 2 N–H and O–H groups in total. The predicted octanol–water partition coefficient (Wildman–Crippen LogP) is 4.35. The van der Waals surface area contributed by atoms with Crippen molar-refractivity contribution in [2.45, 2.75) is 64.8 Å². The maximum absolute atomic E-state index is 12.8. The Morgan fingerprint density at radius 3 is 2.23 bits per heavy atom. The van der Waals surface area contributed by atoms with Crippen LogP contribution in [-0.2, 0) is 9.59 Å². The predicted molar refractivity (Wildman–Crippen MR) is 121 cm³/mol. The maximum atomic E-state index is 12.8. The monoisotopic (exact) mass is 421 g/mol. The summed E-state index contributed by atoms with van der Waals surface area (Å²) < 4.78 is 0. The first kappa shape index (κ1) is 21.3. The molecule has 2 aliphatic rings. The highest BCUT2D eigenvalue weighted by molar-refractivity contribution is 5.97. The van der Waals surface area contributed by atoms with Gasteiger partial charge >= 0.3 is 0 Å². The van der Waals surface area contributed by atoms with E-state index in [-0.39, 0.29) is 17.7 Å². The number of nitrogens with zero attached hydrogens (tertiary/aromatic N) is 3. The number of carbonyl (C=O) groups excluding carboxylic acids is 2. The second-order valence-electron chi connectivity index (χ2n) is 8.76. The van der Waals surface area contributed by atoms with Crippen LogP contribution in [0.2, 0.25) is 0 Å². The van der Waals surface area contributed by atoms with Crippen LogP contribution in [0.5, 0.6) is 0 Å². The number of aryl methyl sites for hydroxylation is 2. The molecule has 0 bridgehead atoms. The molecule has 7 heteroatoms. The summed E-state index contributed by atoms with van der Waals surface area (Å²) >= 11 is 0. The Bertz CT molecular complexity index is 915. The molecule has 164 valence electrons. The summed E-state index contributed by atoms with van der Waals surface area (Å²) in [6, 6.07) is 9.70. The summed E-state index contributed by atoms with van der Waals surface area (Å²) in [6.45, 7) is 4.41. The van der Waals surface area contributed by atoms with Gasteiger partial charge in [-0.15, -0.1) is 0 Å². The van der Waals surface area contributed by atoms with E-state index in [1.807, 2.05) is 49.1 Å². The molecule has 1 unspecified atom stereocenters. The van der Waals surface area contributed by atoms with E-state index >= 15 is 0 Å². The first-order valence-electron chi connectivity index (χ1n) is 11.3. The molecular weight excluding hydrogens is 390 g/mol. The number of likely N-dealkylation sites (tertiary alicyclic amines) is 1. The first-order chi connectivity index (χ1) is 15.0. The van der Waals surface area contributed by atoms with Crippen molar-refractivity contribution in [3.63, 3.8) is 0 Å². The molecule has 2 fully saturated rings. The summed E-state index contributed by atoms with van der Waals surface area (Å²) in [7, 11) is 0. The van der Waals surface area contributed by atoms with E-state index in [2.05, 4.69) is 20.6 Å². The van der Waals surface area contributed by atoms with Crippen molar-refractivity contribution in [3.8, 4) is 0 Å². The molecule has 2 aromatic rings. The van der Waals surface area contributed by atoms with E-state index in [1.54, 1.807) is 0 Å². The Morgan fingerprint density at radius 1 is 0.968 bits per heavy atom. The number of hydrogen-bond donors (Lipinski definition) is 2. The third-order valence-electron chi connectivity index (χ3n) is 6.19. The average Bonchev–Trinajstić information content (AvgIpc) is 2.93. The largest absolute Gasteiger partial charge is 0.339 e. The summed E-state index contributed by atoms with van der Waals surface area (Å²) in [5.74, 6) is 0.317. The fourth-order valence-corrected chi connectivity index (χ4v) is 4.62. The third-order valence-corrected chi connectivity index (χ3v) is 6.19. The van der Waals surface area contributed by atoms with Gasteiger partial charge in [-0.25, -0.2) is 9.97 Å². The van der Waals surface area contributed by atoms with Crippen LogP contribution in [-0.4, -0.2) is 39.3 Å². The van der Waals surface area contributed by atoms with Gasteiger partial charge in [0.2, 0.25) is 17.8 Å². The summed E-state index contributed by atoms with van der Waals surface area (Å²) in [6.07, 6.45) is 7.31. The van der Waals surface area contributed by atoms with Gasteiger partial charge in [0.25, 0.3) is 0 Å². The van der Waals surface area contributed by atoms with Crippen LogP contribution in [0.15, 0.2) is 30.3 Å². The number of aromatic nitrogens is 2. The Labute approximate surface area is 183 Å². The van der Waals surface area contributed by atoms with Crippen LogP contribution in [0, 0.1) is 19.8 Å². The van der Waals surface area contributed by atoms with Crippen LogP contribution in [0.25, 0.3) is 0 Å². The molecule has 1 aromatic heterocycles. The lowest BCUT2D eigenvalue weighted by molar-refractivity contribution is -0.130. The molecule has 0 spiro atoms. The van der Waals surface area contributed by atoms with Crippen molar-refractivity contribution in [1.29, 1.82) is 0 Å². The number of benzene rings is 1. The Balaban J connectivity index is 1.33. The molecular formula is C24H31N5O2. The van der Waals surface area contributed by atoms with Crippen molar-refractivity contribution in [2.75, 3.05) is 17.2 Å². The van der Waals surface area contributed by atoms with Crippen LogP contribution in [0.4, 0.5) is 17.3 Å². The minimum atomic E-state index is -0.280. The van der Waals surface area contributed by atoms with Crippen LogP contribution >= 0.6 is 0 Å². The van der Waals surface area contributed by atoms with Crippen LogP contribution in [0.1, 0.15) is 56.3 Å². The summed E-state index contributed by atoms with van der Waals surface area (Å²) in [4.78, 5) is 36.1. The lowest BCUT2D eigenvalue weighted by atomic mass is 10.1. The zero-order valence-corrected chi connectivity index (χ0v) is 18.4. The number of nitrogens with one attached hydrogen (secondary N) is 2. The highest BCUT2D eigenvalue weighted by atomic mass is 16.2. The molecule has 2 amide bonds. The van der Waals surface area contributed by atoms with Gasteiger partial charge in [-0.2, -0.15) is 0 Å². The SMILES string of the molecule is Cc1cc(C)nc(Nc2ccc(NC(=O)C3CC(=O)N(C4CCCCCC4)C3)cc2)n1. The van der Waals surface area contributed by atoms with Gasteiger partial charge < -0.3 is 15.5 Å². The van der Waals surface area contributed by atoms with Crippen molar-refractivity contribution in [2.24, 2.45) is 5.92 Å². The van der Waals surface area contributed by atoms with Crippen LogP contribution < -0.4 is 10.6 Å². The Morgan fingerprint density at radius 2 is 1.58 bits per heavy atom. The molecule has 7 nitrogen and oxygen atoms in total. The standard InChI is InChI=1S/C24H31N5O2/c1-16-13-17(2)26-24(25-16)28-20-11-9-19(10-12-20)27-23(31)18-14-22(30)29(15-18)21-7-5-3-4-6-8-21/h9-13,18,21H,3-8,14-15H2,1-2H3,(H,27,31)(H,25,26,28). The van der Waals surface area contributed by atoms with E-state index in [0.717, 1.165) is 35.6 Å². The van der Waals surface area contributed by atoms with E-state index in [1.165, 1.54) is 25.7 Å². The zero-order valence-electron chi connectivity index (χ0n) is 18.4. The fourth-order valence-electron chi connectivity index (χ4n) is 4.62. The van der Waals surface area contributed by atoms with Gasteiger partial charge in [-0.05, 0) is 57.0 Å². The first-order valence-corrected chi connectivity index (χ1v) is 11.3. The minimum absolute atomic E-state index is 0.0807. The average molecular weight is 422 g/mol. The van der Waals surface area contributed by atoms with Gasteiger partial charge in [-0.1, -0.05) is 25.7 Å². The molecule has 31 heavy (non-hydrogen) atoms. The van der Waals surface area contributed by atoms with E-state index in [4.69, 9.17) is 0 Å². The fraction of sp³-hybridized carbons (Fsp3) is 0.500. The number of carbonyl (C=O) groups is 2. The molecule has 1 saturated heterocycles. The second-order valence-corrected chi connectivity index (χ2v) is 8.76. The molecule has 1 atom stereocenters. The van der Waals surface area contributed by atoms with Crippen molar-refractivity contribution >= 4 is 29.1 Å². The van der Waals surface area contributed by atoms with E-state index in [0.29, 0.717) is 25.0 Å². The number of anilines is 3. The normalized spacial score (nSPS) is 19.9. The number of hydrogen-bond acceptors (Lipinski definition) is 5. The Hall–Kier alpha value is -2.96. The van der Waals surface area contributed by atoms with Gasteiger partial charge in [0, 0.05) is 41.8 Å². The number of rotatable bonds is 5. The van der Waals surface area contributed by atoms with Gasteiger partial charge in [0.1, 0.15) is 0 Å². The highest BCUT2D eigenvalue weighted by Gasteiger charge is 2.37. The third kappa shape index (κ3) is 5.40. The minimum Gasteiger partial charge on any atom is -0.339 e. The zero-order chi connectivity index (χ0) is 21.8. The molecule has 1 saturated carbocycles. The second kappa shape index (κ2) is 9.45. The molecule has 1 aliphatic heterocycles. The quantitative estimate of drug-likeness (QED) is 0.701. The molecule has 1 aromatic carbocycles. The molecule has 4 rings (SSSR count).